The zero-order valence-corrected chi connectivity index (χ0v) is 31.5. The largest absolute Gasteiger partial charge is 0.377 e. The molecule has 0 aromatic rings. The molecule has 3 fully saturated rings. The SMILES string of the molecule is CC.CC(C)C1CCN(CCOC2CCC(NS(=O)C(C)C)CC2)CC1.CC(C)N1CCC(CCNS(=O)C(C)C)CC1. The predicted octanol–water partition coefficient (Wildman–Crippen LogP) is 6.53. The van der Waals surface area contributed by atoms with Gasteiger partial charge in [-0.25, -0.2) is 17.9 Å². The smallest absolute Gasteiger partial charge is 0.0943 e. The highest BCUT2D eigenvalue weighted by Crippen LogP contribution is 2.25. The molecule has 0 radical (unpaired) electrons. The number of nitrogens with one attached hydrogen (secondary N) is 2. The Morgan fingerprint density at radius 3 is 1.79 bits per heavy atom. The second-order valence-electron chi connectivity index (χ2n) is 13.8. The third-order valence-corrected chi connectivity index (χ3v) is 12.1. The molecule has 2 unspecified atom stereocenters. The van der Waals surface area contributed by atoms with Crippen molar-refractivity contribution in [2.45, 2.75) is 156 Å². The van der Waals surface area contributed by atoms with E-state index in [2.05, 4.69) is 46.9 Å². The Bertz CT molecular complexity index is 729. The van der Waals surface area contributed by atoms with Crippen LogP contribution in [0, 0.1) is 17.8 Å². The number of piperidine rings is 2. The standard InChI is InChI=1S/C19H38N2O2S.C13H28N2OS.C2H6/c1-15(2)17-9-11-21(12-10-17)13-14-23-19-7-5-18(6-8-19)20-24(22)16(3)4;1-11(2)15-9-6-13(7-10-15)5-8-14-17(16)12(3)4;1-2/h15-20H,5-14H2,1-4H3;11-14H,5-10H2,1-4H3;1-2H3. The maximum Gasteiger partial charge on any atom is 0.0943 e. The Morgan fingerprint density at radius 2 is 1.30 bits per heavy atom. The zero-order chi connectivity index (χ0) is 32.4. The van der Waals surface area contributed by atoms with Crippen LogP contribution in [-0.4, -0.2) is 92.8 Å². The van der Waals surface area contributed by atoms with Crippen LogP contribution in [-0.2, 0) is 26.7 Å². The lowest BCUT2D eigenvalue weighted by Gasteiger charge is -2.34. The molecule has 2 aliphatic heterocycles. The summed E-state index contributed by atoms with van der Waals surface area (Å²) in [5, 5.41) is 0.414. The Labute approximate surface area is 273 Å². The summed E-state index contributed by atoms with van der Waals surface area (Å²) in [6.45, 7) is 29.0. The molecule has 7 nitrogen and oxygen atoms in total. The van der Waals surface area contributed by atoms with Gasteiger partial charge in [0.15, 0.2) is 0 Å². The topological polar surface area (TPSA) is 73.9 Å². The van der Waals surface area contributed by atoms with E-state index in [4.69, 9.17) is 4.74 Å². The molecular weight excluding hydrogens is 577 g/mol. The average Bonchev–Trinajstić information content (AvgIpc) is 2.99. The molecule has 2 atom stereocenters. The molecular formula is C34H72N4O3S2. The number of hydrogen-bond donors (Lipinski definition) is 2. The second-order valence-corrected chi connectivity index (χ2v) is 17.4. The minimum Gasteiger partial charge on any atom is -0.377 e. The van der Waals surface area contributed by atoms with E-state index in [1.165, 1.54) is 58.3 Å². The summed E-state index contributed by atoms with van der Waals surface area (Å²) in [5.41, 5.74) is 0. The van der Waals surface area contributed by atoms with Gasteiger partial charge in [-0.2, -0.15) is 0 Å². The van der Waals surface area contributed by atoms with Crippen molar-refractivity contribution in [3.63, 3.8) is 0 Å². The molecule has 1 aliphatic carbocycles. The van der Waals surface area contributed by atoms with E-state index in [0.717, 1.165) is 63.1 Å². The van der Waals surface area contributed by atoms with Gasteiger partial charge in [0.1, 0.15) is 0 Å². The Balaban J connectivity index is 0.000000429. The lowest BCUT2D eigenvalue weighted by Crippen LogP contribution is -2.40. The van der Waals surface area contributed by atoms with Gasteiger partial charge in [0.2, 0.25) is 0 Å². The first-order chi connectivity index (χ1) is 20.5. The monoisotopic (exact) mass is 649 g/mol. The molecule has 3 rings (SSSR count). The van der Waals surface area contributed by atoms with Gasteiger partial charge in [0, 0.05) is 35.7 Å². The Hall–Kier alpha value is 0.1000. The Morgan fingerprint density at radius 1 is 0.744 bits per heavy atom. The van der Waals surface area contributed by atoms with Crippen molar-refractivity contribution in [3.8, 4) is 0 Å². The first-order valence-corrected chi connectivity index (χ1v) is 20.3. The highest BCUT2D eigenvalue weighted by atomic mass is 32.2. The van der Waals surface area contributed by atoms with Crippen LogP contribution < -0.4 is 9.44 Å². The molecule has 0 spiro atoms. The molecule has 0 aromatic carbocycles. The Kier molecular flexibility index (Phi) is 22.4. The van der Waals surface area contributed by atoms with Crippen LogP contribution >= 0.6 is 0 Å². The molecule has 0 amide bonds. The predicted molar refractivity (Wildman–Crippen MR) is 189 cm³/mol. The van der Waals surface area contributed by atoms with Crippen molar-refractivity contribution in [2.75, 3.05) is 45.9 Å². The number of likely N-dealkylation sites (tertiary alicyclic amines) is 2. The third kappa shape index (κ3) is 17.6. The molecule has 9 heteroatoms. The fraction of sp³-hybridized carbons (Fsp3) is 1.00. The van der Waals surface area contributed by atoms with Crippen LogP contribution in [0.4, 0.5) is 0 Å². The summed E-state index contributed by atoms with van der Waals surface area (Å²) in [4.78, 5) is 5.12. The molecule has 43 heavy (non-hydrogen) atoms. The van der Waals surface area contributed by atoms with Gasteiger partial charge in [-0.05, 0) is 143 Å². The van der Waals surface area contributed by atoms with Crippen LogP contribution in [0.2, 0.25) is 0 Å². The van der Waals surface area contributed by atoms with Gasteiger partial charge in [-0.1, -0.05) is 27.7 Å². The van der Waals surface area contributed by atoms with Crippen molar-refractivity contribution in [1.29, 1.82) is 0 Å². The fourth-order valence-corrected chi connectivity index (χ4v) is 7.62. The summed E-state index contributed by atoms with van der Waals surface area (Å²) in [7, 11) is -1.74. The van der Waals surface area contributed by atoms with Crippen LogP contribution in [0.1, 0.15) is 127 Å². The highest BCUT2D eigenvalue weighted by Gasteiger charge is 2.25. The van der Waals surface area contributed by atoms with Crippen LogP contribution in [0.5, 0.6) is 0 Å². The van der Waals surface area contributed by atoms with Gasteiger partial charge in [-0.15, -0.1) is 0 Å². The normalized spacial score (nSPS) is 24.5. The molecule has 0 bridgehead atoms. The van der Waals surface area contributed by atoms with Gasteiger partial charge in [0.05, 0.1) is 34.7 Å². The second kappa shape index (κ2) is 23.4. The van der Waals surface area contributed by atoms with Gasteiger partial charge in [0.25, 0.3) is 0 Å². The van der Waals surface area contributed by atoms with Crippen LogP contribution in [0.25, 0.3) is 0 Å². The molecule has 3 aliphatic rings. The first kappa shape index (κ1) is 41.1. The molecule has 0 aromatic heterocycles. The van der Waals surface area contributed by atoms with Crippen molar-refractivity contribution in [2.24, 2.45) is 17.8 Å². The van der Waals surface area contributed by atoms with E-state index in [0.29, 0.717) is 18.2 Å². The van der Waals surface area contributed by atoms with Gasteiger partial charge < -0.3 is 14.5 Å². The number of rotatable bonds is 14. The lowest BCUT2D eigenvalue weighted by molar-refractivity contribution is 0.00746. The summed E-state index contributed by atoms with van der Waals surface area (Å²) in [6.07, 6.45) is 11.2. The minimum atomic E-state index is -0.893. The average molecular weight is 649 g/mol. The maximum atomic E-state index is 11.9. The van der Waals surface area contributed by atoms with E-state index < -0.39 is 22.0 Å². The van der Waals surface area contributed by atoms with Crippen molar-refractivity contribution < 1.29 is 13.2 Å². The summed E-state index contributed by atoms with van der Waals surface area (Å²) >= 11 is 0. The minimum absolute atomic E-state index is 0.193. The highest BCUT2D eigenvalue weighted by molar-refractivity contribution is 7.83. The number of nitrogens with zero attached hydrogens (tertiary/aromatic N) is 2. The molecule has 2 N–H and O–H groups in total. The summed E-state index contributed by atoms with van der Waals surface area (Å²) in [5.74, 6) is 2.57. The van der Waals surface area contributed by atoms with Crippen molar-refractivity contribution in [3.05, 3.63) is 0 Å². The van der Waals surface area contributed by atoms with Crippen LogP contribution in [0.15, 0.2) is 0 Å². The maximum absolute atomic E-state index is 11.9. The van der Waals surface area contributed by atoms with Gasteiger partial charge >= 0.3 is 0 Å². The molecule has 2 saturated heterocycles. The van der Waals surface area contributed by atoms with E-state index in [1.54, 1.807) is 0 Å². The van der Waals surface area contributed by atoms with Crippen molar-refractivity contribution >= 4 is 22.0 Å². The van der Waals surface area contributed by atoms with E-state index in [9.17, 15) is 8.42 Å². The summed E-state index contributed by atoms with van der Waals surface area (Å²) < 4.78 is 35.9. The first-order valence-electron chi connectivity index (χ1n) is 17.8. The quantitative estimate of drug-likeness (QED) is 0.224. The van der Waals surface area contributed by atoms with Crippen molar-refractivity contribution in [1.82, 2.24) is 19.2 Å². The lowest BCUT2D eigenvalue weighted by atomic mass is 9.87. The van der Waals surface area contributed by atoms with Gasteiger partial charge in [-0.3, -0.25) is 0 Å². The van der Waals surface area contributed by atoms with E-state index >= 15 is 0 Å². The molecule has 2 heterocycles. The molecule has 258 valence electrons. The molecule has 1 saturated carbocycles. The van der Waals surface area contributed by atoms with Crippen LogP contribution in [0.3, 0.4) is 0 Å². The number of hydrogen-bond acceptors (Lipinski definition) is 5. The fourth-order valence-electron chi connectivity index (χ4n) is 6.13. The summed E-state index contributed by atoms with van der Waals surface area (Å²) in [6, 6.07) is 1.09. The zero-order valence-electron chi connectivity index (χ0n) is 29.9. The van der Waals surface area contributed by atoms with E-state index in [1.807, 2.05) is 41.5 Å². The number of ether oxygens (including phenoxy) is 1. The van der Waals surface area contributed by atoms with E-state index in [-0.39, 0.29) is 10.5 Å². The third-order valence-electron chi connectivity index (χ3n) is 9.33.